The van der Waals surface area contributed by atoms with Crippen LogP contribution in [0.3, 0.4) is 0 Å². The molecule has 5 nitrogen and oxygen atoms in total. The Hall–Kier alpha value is -1.40. The van der Waals surface area contributed by atoms with Crippen LogP contribution < -0.4 is 4.72 Å². The van der Waals surface area contributed by atoms with Gasteiger partial charge in [0.1, 0.15) is 0 Å². The van der Waals surface area contributed by atoms with Crippen molar-refractivity contribution in [3.8, 4) is 0 Å². The number of carboxylic acid groups (broad SMARTS) is 1. The van der Waals surface area contributed by atoms with E-state index in [1.165, 1.54) is 0 Å². The predicted octanol–water partition coefficient (Wildman–Crippen LogP) is 2.18. The first-order chi connectivity index (χ1) is 9.99. The fourth-order valence-corrected chi connectivity index (χ4v) is 3.11. The lowest BCUT2D eigenvalue weighted by molar-refractivity contribution is -0.137. The molecule has 0 fully saturated rings. The van der Waals surface area contributed by atoms with Crippen LogP contribution >= 0.6 is 0 Å². The van der Waals surface area contributed by atoms with Gasteiger partial charge in [0.15, 0.2) is 0 Å². The molecule has 0 spiro atoms. The quantitative estimate of drug-likeness (QED) is 0.613. The lowest BCUT2D eigenvalue weighted by atomic mass is 10.1. The van der Waals surface area contributed by atoms with E-state index in [9.17, 15) is 13.2 Å². The highest BCUT2D eigenvalue weighted by Gasteiger charge is 2.09. The van der Waals surface area contributed by atoms with Gasteiger partial charge in [-0.15, -0.1) is 0 Å². The fourth-order valence-electron chi connectivity index (χ4n) is 1.99. The van der Waals surface area contributed by atoms with Crippen molar-refractivity contribution in [2.24, 2.45) is 0 Å². The molecule has 1 aromatic carbocycles. The number of benzene rings is 1. The molecule has 0 bridgehead atoms. The number of sulfonamides is 1. The molecule has 0 heterocycles. The summed E-state index contributed by atoms with van der Waals surface area (Å²) in [5.74, 6) is -0.687. The normalized spacial score (nSPS) is 11.4. The van der Waals surface area contributed by atoms with E-state index >= 15 is 0 Å². The number of hydrogen-bond donors (Lipinski definition) is 2. The first-order valence-electron chi connectivity index (χ1n) is 7.23. The monoisotopic (exact) mass is 313 g/mol. The van der Waals surface area contributed by atoms with Gasteiger partial charge in [-0.2, -0.15) is 0 Å². The Morgan fingerprint density at radius 3 is 2.43 bits per heavy atom. The van der Waals surface area contributed by atoms with Gasteiger partial charge >= 0.3 is 5.97 Å². The van der Waals surface area contributed by atoms with Crippen LogP contribution in [-0.4, -0.2) is 31.8 Å². The summed E-state index contributed by atoms with van der Waals surface area (Å²) in [7, 11) is -3.22. The number of rotatable bonds is 11. The van der Waals surface area contributed by atoms with Gasteiger partial charge in [0.2, 0.25) is 10.0 Å². The van der Waals surface area contributed by atoms with E-state index < -0.39 is 16.0 Å². The smallest absolute Gasteiger partial charge is 0.303 e. The topological polar surface area (TPSA) is 83.5 Å². The van der Waals surface area contributed by atoms with Crippen LogP contribution in [0.15, 0.2) is 30.3 Å². The molecule has 0 radical (unpaired) electrons. The molecule has 1 aromatic rings. The molecule has 0 saturated heterocycles. The molecule has 0 aliphatic carbocycles. The van der Waals surface area contributed by atoms with E-state index in [0.29, 0.717) is 25.8 Å². The summed E-state index contributed by atoms with van der Waals surface area (Å²) in [4.78, 5) is 10.3. The van der Waals surface area contributed by atoms with Gasteiger partial charge in [-0.25, -0.2) is 13.1 Å². The Labute approximate surface area is 126 Å². The molecule has 21 heavy (non-hydrogen) atoms. The lowest BCUT2D eigenvalue weighted by Gasteiger charge is -2.06. The second-order valence-electron chi connectivity index (χ2n) is 5.01. The van der Waals surface area contributed by atoms with E-state index in [2.05, 4.69) is 4.72 Å². The van der Waals surface area contributed by atoms with Gasteiger partial charge in [0, 0.05) is 13.0 Å². The maximum absolute atomic E-state index is 11.8. The Morgan fingerprint density at radius 1 is 1.05 bits per heavy atom. The number of carboxylic acids is 1. The second-order valence-corrected chi connectivity index (χ2v) is 6.93. The molecule has 0 unspecified atom stereocenters. The summed E-state index contributed by atoms with van der Waals surface area (Å²) in [6.07, 6.45) is 3.47. The third kappa shape index (κ3) is 9.20. The molecule has 118 valence electrons. The molecular formula is C15H23NO4S. The Morgan fingerprint density at radius 2 is 1.76 bits per heavy atom. The molecule has 0 aliphatic heterocycles. The van der Waals surface area contributed by atoms with E-state index in [1.807, 2.05) is 30.3 Å². The summed E-state index contributed by atoms with van der Waals surface area (Å²) < 4.78 is 26.1. The highest BCUT2D eigenvalue weighted by atomic mass is 32.2. The van der Waals surface area contributed by atoms with Crippen LogP contribution in [0.4, 0.5) is 0 Å². The Kier molecular flexibility index (Phi) is 8.00. The minimum atomic E-state index is -3.22. The van der Waals surface area contributed by atoms with Crippen molar-refractivity contribution in [1.82, 2.24) is 4.72 Å². The molecule has 0 amide bonds. The molecule has 0 atom stereocenters. The summed E-state index contributed by atoms with van der Waals surface area (Å²) in [5.41, 5.74) is 1.14. The predicted molar refractivity (Wildman–Crippen MR) is 82.7 cm³/mol. The van der Waals surface area contributed by atoms with Crippen LogP contribution in [0.2, 0.25) is 0 Å². The number of aryl methyl sites for hydroxylation is 1. The van der Waals surface area contributed by atoms with Gasteiger partial charge < -0.3 is 5.11 Å². The molecule has 1 rings (SSSR count). The minimum Gasteiger partial charge on any atom is -0.481 e. The largest absolute Gasteiger partial charge is 0.481 e. The van der Waals surface area contributed by atoms with Crippen molar-refractivity contribution < 1.29 is 18.3 Å². The summed E-state index contributed by atoms with van der Waals surface area (Å²) >= 11 is 0. The number of carbonyl (C=O) groups is 1. The zero-order valence-electron chi connectivity index (χ0n) is 12.1. The SMILES string of the molecule is O=C(O)CCCCCNS(=O)(=O)CCCc1ccccc1. The maximum atomic E-state index is 11.8. The molecule has 0 aliphatic rings. The van der Waals surface area contributed by atoms with Crippen molar-refractivity contribution in [2.75, 3.05) is 12.3 Å². The summed E-state index contributed by atoms with van der Waals surface area (Å²) in [6.45, 7) is 0.382. The van der Waals surface area contributed by atoms with Gasteiger partial charge in [-0.3, -0.25) is 4.79 Å². The zero-order valence-corrected chi connectivity index (χ0v) is 12.9. The van der Waals surface area contributed by atoms with Crippen LogP contribution in [-0.2, 0) is 21.2 Å². The van der Waals surface area contributed by atoms with Gasteiger partial charge in [-0.05, 0) is 31.2 Å². The Balaban J connectivity index is 2.11. The first kappa shape index (κ1) is 17.7. The van der Waals surface area contributed by atoms with Crippen LogP contribution in [0, 0.1) is 0 Å². The van der Waals surface area contributed by atoms with Gasteiger partial charge in [0.05, 0.1) is 5.75 Å². The van der Waals surface area contributed by atoms with Crippen LogP contribution in [0.5, 0.6) is 0 Å². The van der Waals surface area contributed by atoms with Crippen molar-refractivity contribution in [3.05, 3.63) is 35.9 Å². The van der Waals surface area contributed by atoms with Crippen molar-refractivity contribution >= 4 is 16.0 Å². The van der Waals surface area contributed by atoms with E-state index in [-0.39, 0.29) is 12.2 Å². The van der Waals surface area contributed by atoms with Crippen molar-refractivity contribution in [3.63, 3.8) is 0 Å². The second kappa shape index (κ2) is 9.52. The summed E-state index contributed by atoms with van der Waals surface area (Å²) in [6, 6.07) is 9.80. The standard InChI is InChI=1S/C15H23NO4S/c17-15(18)11-5-2-6-12-16-21(19,20)13-7-10-14-8-3-1-4-9-14/h1,3-4,8-9,16H,2,5-7,10-13H2,(H,17,18). The van der Waals surface area contributed by atoms with E-state index in [4.69, 9.17) is 5.11 Å². The maximum Gasteiger partial charge on any atom is 0.303 e. The zero-order chi connectivity index (χ0) is 15.6. The highest BCUT2D eigenvalue weighted by Crippen LogP contribution is 2.04. The first-order valence-corrected chi connectivity index (χ1v) is 8.88. The van der Waals surface area contributed by atoms with Crippen molar-refractivity contribution in [2.45, 2.75) is 38.5 Å². The highest BCUT2D eigenvalue weighted by molar-refractivity contribution is 7.89. The number of nitrogens with one attached hydrogen (secondary N) is 1. The Bertz CT molecular complexity index is 514. The molecular weight excluding hydrogens is 290 g/mol. The van der Waals surface area contributed by atoms with E-state index in [1.54, 1.807) is 0 Å². The lowest BCUT2D eigenvalue weighted by Crippen LogP contribution is -2.27. The third-order valence-corrected chi connectivity index (χ3v) is 4.58. The minimum absolute atomic E-state index is 0.122. The molecule has 0 aromatic heterocycles. The van der Waals surface area contributed by atoms with Gasteiger partial charge in [0.25, 0.3) is 0 Å². The fraction of sp³-hybridized carbons (Fsp3) is 0.533. The average Bonchev–Trinajstić information content (AvgIpc) is 2.43. The van der Waals surface area contributed by atoms with Crippen LogP contribution in [0.1, 0.15) is 37.7 Å². The number of unbranched alkanes of at least 4 members (excludes halogenated alkanes) is 2. The van der Waals surface area contributed by atoms with E-state index in [0.717, 1.165) is 18.4 Å². The average molecular weight is 313 g/mol. The third-order valence-electron chi connectivity index (χ3n) is 3.11. The molecule has 0 saturated carbocycles. The molecule has 6 heteroatoms. The number of hydrogen-bond acceptors (Lipinski definition) is 3. The van der Waals surface area contributed by atoms with Crippen LogP contribution in [0.25, 0.3) is 0 Å². The molecule has 2 N–H and O–H groups in total. The van der Waals surface area contributed by atoms with Crippen molar-refractivity contribution in [1.29, 1.82) is 0 Å². The van der Waals surface area contributed by atoms with Gasteiger partial charge in [-0.1, -0.05) is 36.8 Å². The number of aliphatic carboxylic acids is 1. The summed E-state index contributed by atoms with van der Waals surface area (Å²) in [5, 5.41) is 8.48.